The van der Waals surface area contributed by atoms with Crippen molar-refractivity contribution in [1.82, 2.24) is 5.32 Å². The summed E-state index contributed by atoms with van der Waals surface area (Å²) in [5, 5.41) is 7.77. The molecular formula is C17H15Cl3N2O. The Kier molecular flexibility index (Phi) is 5.00. The molecule has 1 aliphatic rings. The summed E-state index contributed by atoms with van der Waals surface area (Å²) in [6, 6.07) is 11.0. The predicted octanol–water partition coefficient (Wildman–Crippen LogP) is 5.15. The van der Waals surface area contributed by atoms with Gasteiger partial charge in [0.15, 0.2) is 0 Å². The maximum atomic E-state index is 12.0. The molecule has 1 aliphatic carbocycles. The van der Waals surface area contributed by atoms with Gasteiger partial charge in [-0.05, 0) is 43.2 Å². The van der Waals surface area contributed by atoms with Gasteiger partial charge in [-0.3, -0.25) is 4.79 Å². The van der Waals surface area contributed by atoms with Crippen LogP contribution in [0.25, 0.3) is 0 Å². The van der Waals surface area contributed by atoms with Crippen LogP contribution in [0, 0.1) is 0 Å². The minimum Gasteiger partial charge on any atom is -0.381 e. The molecule has 1 saturated carbocycles. The third-order valence-corrected chi connectivity index (χ3v) is 4.68. The molecule has 0 atom stereocenters. The van der Waals surface area contributed by atoms with Crippen molar-refractivity contribution in [2.75, 3.05) is 5.32 Å². The third kappa shape index (κ3) is 4.11. The van der Waals surface area contributed by atoms with Gasteiger partial charge in [0.05, 0.1) is 10.6 Å². The van der Waals surface area contributed by atoms with Crippen molar-refractivity contribution < 1.29 is 4.79 Å². The Hall–Kier alpha value is -1.42. The Balaban J connectivity index is 1.69. The van der Waals surface area contributed by atoms with Crippen LogP contribution in [0.1, 0.15) is 28.8 Å². The second-order valence-electron chi connectivity index (χ2n) is 5.50. The number of rotatable bonds is 5. The topological polar surface area (TPSA) is 41.1 Å². The van der Waals surface area contributed by atoms with Crippen LogP contribution in [-0.4, -0.2) is 11.9 Å². The highest BCUT2D eigenvalue weighted by molar-refractivity contribution is 6.36. The maximum absolute atomic E-state index is 12.0. The molecule has 2 N–H and O–H groups in total. The smallest absolute Gasteiger partial charge is 0.253 e. The van der Waals surface area contributed by atoms with E-state index in [0.29, 0.717) is 33.2 Å². The van der Waals surface area contributed by atoms with E-state index in [1.54, 1.807) is 30.3 Å². The van der Waals surface area contributed by atoms with Gasteiger partial charge < -0.3 is 10.6 Å². The summed E-state index contributed by atoms with van der Waals surface area (Å²) in [5.41, 5.74) is 2.11. The molecule has 0 bridgehead atoms. The lowest BCUT2D eigenvalue weighted by Crippen LogP contribution is -2.25. The van der Waals surface area contributed by atoms with E-state index in [4.69, 9.17) is 34.8 Å². The fourth-order valence-electron chi connectivity index (χ4n) is 2.19. The molecule has 3 rings (SSSR count). The fraction of sp³-hybridized carbons (Fsp3) is 0.235. The molecule has 0 saturated heterocycles. The van der Waals surface area contributed by atoms with Gasteiger partial charge in [-0.25, -0.2) is 0 Å². The molecule has 1 fully saturated rings. The number of hydrogen-bond donors (Lipinski definition) is 2. The molecule has 0 radical (unpaired) electrons. The minimum absolute atomic E-state index is 0.127. The van der Waals surface area contributed by atoms with E-state index in [1.165, 1.54) is 0 Å². The fourth-order valence-corrected chi connectivity index (χ4v) is 2.99. The monoisotopic (exact) mass is 368 g/mol. The summed E-state index contributed by atoms with van der Waals surface area (Å²) >= 11 is 18.5. The molecule has 2 aromatic carbocycles. The molecule has 0 aliphatic heterocycles. The van der Waals surface area contributed by atoms with E-state index in [9.17, 15) is 4.79 Å². The normalized spacial score (nSPS) is 13.7. The van der Waals surface area contributed by atoms with Crippen molar-refractivity contribution in [3.05, 3.63) is 62.6 Å². The van der Waals surface area contributed by atoms with Crippen LogP contribution in [0.3, 0.4) is 0 Å². The van der Waals surface area contributed by atoms with Crippen molar-refractivity contribution in [1.29, 1.82) is 0 Å². The molecule has 0 unspecified atom stereocenters. The molecule has 0 aromatic heterocycles. The lowest BCUT2D eigenvalue weighted by atomic mass is 10.1. The van der Waals surface area contributed by atoms with Gasteiger partial charge in [0, 0.05) is 33.9 Å². The number of carbonyl (C=O) groups excluding carboxylic acids is 1. The molecule has 23 heavy (non-hydrogen) atoms. The maximum Gasteiger partial charge on any atom is 0.253 e. The highest BCUT2D eigenvalue weighted by Gasteiger charge is 2.24. The highest BCUT2D eigenvalue weighted by atomic mass is 35.5. The van der Waals surface area contributed by atoms with Crippen LogP contribution in [0.2, 0.25) is 15.1 Å². The molecule has 6 heteroatoms. The summed E-state index contributed by atoms with van der Waals surface area (Å²) in [4.78, 5) is 12.0. The molecule has 2 aromatic rings. The van der Waals surface area contributed by atoms with Gasteiger partial charge in [-0.2, -0.15) is 0 Å². The van der Waals surface area contributed by atoms with Crippen molar-refractivity contribution in [2.24, 2.45) is 0 Å². The summed E-state index contributed by atoms with van der Waals surface area (Å²) in [7, 11) is 0. The van der Waals surface area contributed by atoms with Gasteiger partial charge in [-0.15, -0.1) is 0 Å². The van der Waals surface area contributed by atoms with Crippen molar-refractivity contribution >= 4 is 46.4 Å². The minimum atomic E-state index is -0.127. The van der Waals surface area contributed by atoms with Crippen LogP contribution in [0.4, 0.5) is 5.69 Å². The number of hydrogen-bond acceptors (Lipinski definition) is 2. The van der Waals surface area contributed by atoms with Crippen molar-refractivity contribution in [3.63, 3.8) is 0 Å². The van der Waals surface area contributed by atoms with Crippen LogP contribution in [-0.2, 0) is 6.54 Å². The Bertz CT molecular complexity index is 724. The number of amides is 1. The standard InChI is InChI=1S/C17H15Cl3N2O/c18-14-2-1-3-15(19)13(14)9-21-11-6-7-12(16(20)8-11)17(23)22-10-4-5-10/h1-3,6-8,10,21H,4-5,9H2,(H,22,23). The summed E-state index contributed by atoms with van der Waals surface area (Å²) in [6.45, 7) is 0.475. The number of nitrogens with one attached hydrogen (secondary N) is 2. The molecule has 1 amide bonds. The van der Waals surface area contributed by atoms with E-state index in [0.717, 1.165) is 24.1 Å². The first-order chi connectivity index (χ1) is 11.0. The highest BCUT2D eigenvalue weighted by Crippen LogP contribution is 2.27. The zero-order valence-corrected chi connectivity index (χ0v) is 14.5. The van der Waals surface area contributed by atoms with Crippen molar-refractivity contribution in [2.45, 2.75) is 25.4 Å². The van der Waals surface area contributed by atoms with E-state index < -0.39 is 0 Å². The van der Waals surface area contributed by atoms with Crippen molar-refractivity contribution in [3.8, 4) is 0 Å². The van der Waals surface area contributed by atoms with Gasteiger partial charge in [-0.1, -0.05) is 40.9 Å². The van der Waals surface area contributed by atoms with Crippen LogP contribution >= 0.6 is 34.8 Å². The molecule has 120 valence electrons. The summed E-state index contributed by atoms with van der Waals surface area (Å²) in [6.07, 6.45) is 2.09. The largest absolute Gasteiger partial charge is 0.381 e. The average Bonchev–Trinajstić information content (AvgIpc) is 3.30. The second-order valence-corrected chi connectivity index (χ2v) is 6.72. The summed E-state index contributed by atoms with van der Waals surface area (Å²) in [5.74, 6) is -0.127. The third-order valence-electron chi connectivity index (χ3n) is 3.66. The van der Waals surface area contributed by atoms with Gasteiger partial charge in [0.2, 0.25) is 0 Å². The molecular weight excluding hydrogens is 355 g/mol. The number of benzene rings is 2. The van der Waals surface area contributed by atoms with E-state index in [1.807, 2.05) is 6.07 Å². The molecule has 0 spiro atoms. The van der Waals surface area contributed by atoms with Crippen LogP contribution < -0.4 is 10.6 Å². The van der Waals surface area contributed by atoms with Gasteiger partial charge in [0.1, 0.15) is 0 Å². The average molecular weight is 370 g/mol. The number of halogens is 3. The lowest BCUT2D eigenvalue weighted by Gasteiger charge is -2.11. The zero-order valence-electron chi connectivity index (χ0n) is 12.2. The van der Waals surface area contributed by atoms with Gasteiger partial charge in [0.25, 0.3) is 5.91 Å². The Morgan fingerprint density at radius 1 is 1.04 bits per heavy atom. The first-order valence-electron chi connectivity index (χ1n) is 7.32. The summed E-state index contributed by atoms with van der Waals surface area (Å²) < 4.78 is 0. The van der Waals surface area contributed by atoms with E-state index in [-0.39, 0.29) is 5.91 Å². The zero-order chi connectivity index (χ0) is 16.4. The second kappa shape index (κ2) is 7.00. The lowest BCUT2D eigenvalue weighted by molar-refractivity contribution is 0.0951. The SMILES string of the molecule is O=C(NC1CC1)c1ccc(NCc2c(Cl)cccc2Cl)cc1Cl. The first kappa shape index (κ1) is 16.4. The first-order valence-corrected chi connectivity index (χ1v) is 8.45. The Morgan fingerprint density at radius 2 is 1.74 bits per heavy atom. The Morgan fingerprint density at radius 3 is 2.35 bits per heavy atom. The molecule has 0 heterocycles. The van der Waals surface area contributed by atoms with Crippen LogP contribution in [0.15, 0.2) is 36.4 Å². The molecule has 3 nitrogen and oxygen atoms in total. The quantitative estimate of drug-likeness (QED) is 0.765. The number of anilines is 1. The van der Waals surface area contributed by atoms with Gasteiger partial charge >= 0.3 is 0 Å². The van der Waals surface area contributed by atoms with E-state index in [2.05, 4.69) is 10.6 Å². The Labute approximate surface area is 149 Å². The number of carbonyl (C=O) groups is 1. The van der Waals surface area contributed by atoms with Crippen LogP contribution in [0.5, 0.6) is 0 Å². The van der Waals surface area contributed by atoms with E-state index >= 15 is 0 Å². The predicted molar refractivity (Wildman–Crippen MR) is 95.7 cm³/mol.